The van der Waals surface area contributed by atoms with Gasteiger partial charge in [0.15, 0.2) is 11.5 Å². The number of hydrogen-bond donors (Lipinski definition) is 1. The molecule has 5 nitrogen and oxygen atoms in total. The predicted octanol–water partition coefficient (Wildman–Crippen LogP) is 3.84. The molecule has 1 unspecified atom stereocenters. The molecule has 0 bridgehead atoms. The molecule has 1 aromatic heterocycles. The van der Waals surface area contributed by atoms with Crippen molar-refractivity contribution in [2.24, 2.45) is 0 Å². The first-order valence-electron chi connectivity index (χ1n) is 8.41. The highest BCUT2D eigenvalue weighted by Crippen LogP contribution is 2.31. The third-order valence-electron chi connectivity index (χ3n) is 4.18. The van der Waals surface area contributed by atoms with E-state index in [-0.39, 0.29) is 12.5 Å². The Morgan fingerprint density at radius 2 is 1.81 bits per heavy atom. The molecule has 3 aromatic rings. The van der Waals surface area contributed by atoms with Crippen LogP contribution in [0.2, 0.25) is 0 Å². The average Bonchev–Trinajstić information content (AvgIpc) is 2.68. The second-order valence-electron chi connectivity index (χ2n) is 6.12. The average molecular weight is 346 g/mol. The summed E-state index contributed by atoms with van der Waals surface area (Å²) in [5.74, 6) is 1.02. The smallest absolute Gasteiger partial charge is 0.269 e. The zero-order valence-electron chi connectivity index (χ0n) is 14.3. The molecule has 26 heavy (non-hydrogen) atoms. The lowest BCUT2D eigenvalue weighted by Gasteiger charge is -2.25. The lowest BCUT2D eigenvalue weighted by atomic mass is 10.1. The highest BCUT2D eigenvalue weighted by atomic mass is 16.6. The van der Waals surface area contributed by atoms with Crippen LogP contribution in [0.1, 0.15) is 5.69 Å². The van der Waals surface area contributed by atoms with Crippen molar-refractivity contribution in [2.45, 2.75) is 13.0 Å². The second kappa shape index (κ2) is 6.88. The van der Waals surface area contributed by atoms with E-state index < -0.39 is 6.10 Å². The first-order chi connectivity index (χ1) is 12.7. The van der Waals surface area contributed by atoms with Gasteiger partial charge in [0, 0.05) is 17.6 Å². The van der Waals surface area contributed by atoms with Gasteiger partial charge in [-0.15, -0.1) is 0 Å². The van der Waals surface area contributed by atoms with Crippen molar-refractivity contribution in [3.05, 3.63) is 72.6 Å². The van der Waals surface area contributed by atoms with Crippen molar-refractivity contribution in [1.29, 1.82) is 0 Å². The van der Waals surface area contributed by atoms with Gasteiger partial charge in [-0.3, -0.25) is 9.78 Å². The number of benzene rings is 2. The predicted molar refractivity (Wildman–Crippen MR) is 99.4 cm³/mol. The minimum atomic E-state index is -0.674. The summed E-state index contributed by atoms with van der Waals surface area (Å²) in [6.45, 7) is 2.15. The third-order valence-corrected chi connectivity index (χ3v) is 4.18. The topological polar surface area (TPSA) is 60.5 Å². The molecule has 1 amide bonds. The SMILES string of the molecule is Cc1cc(-c2ccc(NC(=O)C3COc4ccccc4O3)cc2)ccn1. The molecule has 1 atom stereocenters. The molecule has 0 saturated carbocycles. The summed E-state index contributed by atoms with van der Waals surface area (Å²) in [5.41, 5.74) is 3.84. The Kier molecular flexibility index (Phi) is 4.27. The van der Waals surface area contributed by atoms with E-state index in [0.29, 0.717) is 17.2 Å². The molecule has 4 rings (SSSR count). The van der Waals surface area contributed by atoms with Gasteiger partial charge in [-0.25, -0.2) is 0 Å². The van der Waals surface area contributed by atoms with Gasteiger partial charge in [0.2, 0.25) is 6.10 Å². The third kappa shape index (κ3) is 3.37. The van der Waals surface area contributed by atoms with Crippen molar-refractivity contribution in [3.63, 3.8) is 0 Å². The number of aryl methyl sites for hydroxylation is 1. The molecule has 2 heterocycles. The van der Waals surface area contributed by atoms with Crippen LogP contribution in [0, 0.1) is 6.92 Å². The van der Waals surface area contributed by atoms with E-state index in [2.05, 4.69) is 10.3 Å². The first kappa shape index (κ1) is 16.1. The van der Waals surface area contributed by atoms with Crippen LogP contribution in [-0.2, 0) is 4.79 Å². The summed E-state index contributed by atoms with van der Waals surface area (Å²) >= 11 is 0. The minimum absolute atomic E-state index is 0.192. The number of ether oxygens (including phenoxy) is 2. The number of pyridine rings is 1. The Balaban J connectivity index is 1.44. The molecular weight excluding hydrogens is 328 g/mol. The maximum atomic E-state index is 12.5. The van der Waals surface area contributed by atoms with Crippen molar-refractivity contribution in [3.8, 4) is 22.6 Å². The fourth-order valence-corrected chi connectivity index (χ4v) is 2.84. The van der Waals surface area contributed by atoms with E-state index in [9.17, 15) is 4.79 Å². The molecular formula is C21H18N2O3. The van der Waals surface area contributed by atoms with Crippen molar-refractivity contribution >= 4 is 11.6 Å². The molecule has 0 radical (unpaired) electrons. The van der Waals surface area contributed by atoms with E-state index in [1.165, 1.54) is 0 Å². The molecule has 5 heteroatoms. The fraction of sp³-hybridized carbons (Fsp3) is 0.143. The highest BCUT2D eigenvalue weighted by Gasteiger charge is 2.27. The van der Waals surface area contributed by atoms with Gasteiger partial charge in [0.25, 0.3) is 5.91 Å². The summed E-state index contributed by atoms with van der Waals surface area (Å²) in [6, 6.07) is 19.0. The van der Waals surface area contributed by atoms with Crippen molar-refractivity contribution in [2.75, 3.05) is 11.9 Å². The molecule has 0 spiro atoms. The zero-order chi connectivity index (χ0) is 17.9. The second-order valence-corrected chi connectivity index (χ2v) is 6.12. The first-order valence-corrected chi connectivity index (χ1v) is 8.41. The molecule has 1 aliphatic heterocycles. The zero-order valence-corrected chi connectivity index (χ0v) is 14.3. The number of carbonyl (C=O) groups excluding carboxylic acids is 1. The molecule has 130 valence electrons. The standard InChI is InChI=1S/C21H18N2O3/c1-14-12-16(10-11-22-14)15-6-8-17(9-7-15)23-21(24)20-13-25-18-4-2-3-5-19(18)26-20/h2-12,20H,13H2,1H3,(H,23,24). The van der Waals surface area contributed by atoms with Crippen molar-refractivity contribution < 1.29 is 14.3 Å². The van der Waals surface area contributed by atoms with E-state index in [4.69, 9.17) is 9.47 Å². The summed E-state index contributed by atoms with van der Waals surface area (Å²) in [4.78, 5) is 16.7. The summed E-state index contributed by atoms with van der Waals surface area (Å²) in [6.07, 6.45) is 1.12. The lowest BCUT2D eigenvalue weighted by Crippen LogP contribution is -2.40. The van der Waals surface area contributed by atoms with Crippen LogP contribution in [0.15, 0.2) is 66.9 Å². The number of nitrogens with zero attached hydrogens (tertiary/aromatic N) is 1. The number of fused-ring (bicyclic) bond motifs is 1. The van der Waals surface area contributed by atoms with Gasteiger partial charge in [-0.2, -0.15) is 0 Å². The number of anilines is 1. The Labute approximate surface area is 151 Å². The van der Waals surface area contributed by atoms with Gasteiger partial charge in [-0.05, 0) is 54.4 Å². The molecule has 0 saturated heterocycles. The summed E-state index contributed by atoms with van der Waals surface area (Å²) < 4.78 is 11.3. The van der Waals surface area contributed by atoms with E-state index >= 15 is 0 Å². The van der Waals surface area contributed by atoms with Crippen LogP contribution >= 0.6 is 0 Å². The minimum Gasteiger partial charge on any atom is -0.485 e. The van der Waals surface area contributed by atoms with Crippen LogP contribution in [0.5, 0.6) is 11.5 Å². The number of hydrogen-bond acceptors (Lipinski definition) is 4. The maximum absolute atomic E-state index is 12.5. The number of aromatic nitrogens is 1. The Hall–Kier alpha value is -3.34. The quantitative estimate of drug-likeness (QED) is 0.783. The number of rotatable bonds is 3. The van der Waals surface area contributed by atoms with Crippen LogP contribution < -0.4 is 14.8 Å². The van der Waals surface area contributed by atoms with Gasteiger partial charge in [-0.1, -0.05) is 24.3 Å². The Morgan fingerprint density at radius 1 is 1.04 bits per heavy atom. The van der Waals surface area contributed by atoms with Crippen molar-refractivity contribution in [1.82, 2.24) is 4.98 Å². The Morgan fingerprint density at radius 3 is 2.58 bits per heavy atom. The number of carbonyl (C=O) groups is 1. The monoisotopic (exact) mass is 346 g/mol. The van der Waals surface area contributed by atoms with E-state index in [1.54, 1.807) is 12.3 Å². The van der Waals surface area contributed by atoms with Crippen LogP contribution in [0.25, 0.3) is 11.1 Å². The van der Waals surface area contributed by atoms with Crippen LogP contribution in [0.4, 0.5) is 5.69 Å². The van der Waals surface area contributed by atoms with Crippen LogP contribution in [-0.4, -0.2) is 23.6 Å². The number of nitrogens with one attached hydrogen (secondary N) is 1. The molecule has 2 aromatic carbocycles. The normalized spacial score (nSPS) is 15.3. The largest absolute Gasteiger partial charge is 0.485 e. The lowest BCUT2D eigenvalue weighted by molar-refractivity contribution is -0.125. The van der Waals surface area contributed by atoms with Gasteiger partial charge >= 0.3 is 0 Å². The van der Waals surface area contributed by atoms with Gasteiger partial charge < -0.3 is 14.8 Å². The molecule has 1 N–H and O–H groups in total. The fourth-order valence-electron chi connectivity index (χ4n) is 2.84. The summed E-state index contributed by atoms with van der Waals surface area (Å²) in [7, 11) is 0. The number of amides is 1. The maximum Gasteiger partial charge on any atom is 0.269 e. The Bertz CT molecular complexity index is 938. The summed E-state index contributed by atoms with van der Waals surface area (Å²) in [5, 5.41) is 2.88. The van der Waals surface area contributed by atoms with Gasteiger partial charge in [0.1, 0.15) is 6.61 Å². The van der Waals surface area contributed by atoms with E-state index in [0.717, 1.165) is 16.8 Å². The molecule has 1 aliphatic rings. The van der Waals surface area contributed by atoms with Gasteiger partial charge in [0.05, 0.1) is 0 Å². The number of para-hydroxylation sites is 2. The highest BCUT2D eigenvalue weighted by molar-refractivity contribution is 5.95. The van der Waals surface area contributed by atoms with Crippen LogP contribution in [0.3, 0.4) is 0 Å². The molecule has 0 fully saturated rings. The molecule has 0 aliphatic carbocycles. The van der Waals surface area contributed by atoms with E-state index in [1.807, 2.05) is 61.5 Å².